The summed E-state index contributed by atoms with van der Waals surface area (Å²) in [5, 5.41) is 0. The summed E-state index contributed by atoms with van der Waals surface area (Å²) in [6, 6.07) is 8.36. The van der Waals surface area contributed by atoms with Crippen molar-refractivity contribution in [2.45, 2.75) is 26.7 Å². The lowest BCUT2D eigenvalue weighted by atomic mass is 10.0. The Kier molecular flexibility index (Phi) is 3.22. The van der Waals surface area contributed by atoms with Crippen LogP contribution in [0.1, 0.15) is 23.5 Å². The molecule has 1 aliphatic rings. The zero-order valence-corrected chi connectivity index (χ0v) is 13.7. The van der Waals surface area contributed by atoms with Crippen LogP contribution >= 0.6 is 0 Å². The van der Waals surface area contributed by atoms with E-state index in [1.165, 1.54) is 11.3 Å². The van der Waals surface area contributed by atoms with E-state index in [1.54, 1.807) is 7.11 Å². The summed E-state index contributed by atoms with van der Waals surface area (Å²) in [6.45, 7) is 4.96. The van der Waals surface area contributed by atoms with Crippen molar-refractivity contribution in [2.24, 2.45) is 0 Å². The molecule has 1 N–H and O–H groups in total. The van der Waals surface area contributed by atoms with Gasteiger partial charge in [-0.2, -0.15) is 0 Å². The molecule has 0 saturated heterocycles. The van der Waals surface area contributed by atoms with E-state index >= 15 is 0 Å². The Balaban J connectivity index is 1.90. The van der Waals surface area contributed by atoms with Gasteiger partial charge in [0.2, 0.25) is 0 Å². The highest BCUT2D eigenvalue weighted by Gasteiger charge is 2.23. The van der Waals surface area contributed by atoms with Crippen LogP contribution in [-0.2, 0) is 6.42 Å². The van der Waals surface area contributed by atoms with E-state index in [-0.39, 0.29) is 0 Å². The van der Waals surface area contributed by atoms with Crippen molar-refractivity contribution in [1.29, 1.82) is 0 Å². The molecule has 1 aromatic carbocycles. The van der Waals surface area contributed by atoms with Gasteiger partial charge in [0.05, 0.1) is 12.6 Å². The molecule has 0 spiro atoms. The standard InChI is InChI=1S/C18H20N4O/c1-11-9-15-17(19-11)18(21-12(2)20-15)22-8-4-5-13-10-14(23-3)6-7-16(13)22/h6-7,9-10,19H,4-5,8H2,1-3H3. The van der Waals surface area contributed by atoms with E-state index in [0.717, 1.165) is 53.5 Å². The van der Waals surface area contributed by atoms with Crippen molar-refractivity contribution < 1.29 is 4.74 Å². The molecule has 118 valence electrons. The third-order valence-corrected chi connectivity index (χ3v) is 4.37. The molecule has 0 aliphatic carbocycles. The number of methoxy groups -OCH3 is 1. The molecule has 1 aliphatic heterocycles. The highest BCUT2D eigenvalue weighted by atomic mass is 16.5. The molecule has 0 amide bonds. The Morgan fingerprint density at radius 1 is 1.17 bits per heavy atom. The topological polar surface area (TPSA) is 54.0 Å². The van der Waals surface area contributed by atoms with E-state index < -0.39 is 0 Å². The number of aromatic amines is 1. The Morgan fingerprint density at radius 2 is 2.04 bits per heavy atom. The Labute approximate surface area is 135 Å². The number of rotatable bonds is 2. The maximum absolute atomic E-state index is 5.36. The fraction of sp³-hybridized carbons (Fsp3) is 0.333. The molecule has 0 fully saturated rings. The Bertz CT molecular complexity index is 884. The fourth-order valence-electron chi connectivity index (χ4n) is 3.36. The van der Waals surface area contributed by atoms with Gasteiger partial charge in [-0.15, -0.1) is 0 Å². The molecule has 4 rings (SSSR count). The van der Waals surface area contributed by atoms with Crippen LogP contribution in [0.2, 0.25) is 0 Å². The number of fused-ring (bicyclic) bond motifs is 2. The molecule has 0 unspecified atom stereocenters. The van der Waals surface area contributed by atoms with Crippen molar-refractivity contribution in [3.8, 4) is 5.75 Å². The van der Waals surface area contributed by atoms with Gasteiger partial charge < -0.3 is 14.6 Å². The minimum Gasteiger partial charge on any atom is -0.497 e. The monoisotopic (exact) mass is 308 g/mol. The molecule has 5 nitrogen and oxygen atoms in total. The van der Waals surface area contributed by atoms with Crippen LogP contribution in [-0.4, -0.2) is 28.6 Å². The summed E-state index contributed by atoms with van der Waals surface area (Å²) in [5.41, 5.74) is 5.61. The van der Waals surface area contributed by atoms with Gasteiger partial charge in [0, 0.05) is 17.9 Å². The number of aromatic nitrogens is 3. The third kappa shape index (κ3) is 2.32. The second kappa shape index (κ2) is 5.26. The fourth-order valence-corrected chi connectivity index (χ4v) is 3.36. The summed E-state index contributed by atoms with van der Waals surface area (Å²) < 4.78 is 5.36. The second-order valence-electron chi connectivity index (χ2n) is 6.06. The first-order valence-electron chi connectivity index (χ1n) is 7.94. The molecule has 0 saturated carbocycles. The van der Waals surface area contributed by atoms with E-state index in [9.17, 15) is 0 Å². The van der Waals surface area contributed by atoms with Gasteiger partial charge in [-0.25, -0.2) is 9.97 Å². The highest BCUT2D eigenvalue weighted by molar-refractivity contribution is 5.90. The average Bonchev–Trinajstić information content (AvgIpc) is 2.93. The smallest absolute Gasteiger partial charge is 0.161 e. The van der Waals surface area contributed by atoms with Gasteiger partial charge in [0.25, 0.3) is 0 Å². The van der Waals surface area contributed by atoms with E-state index in [1.807, 2.05) is 13.0 Å². The molecule has 0 atom stereocenters. The minimum absolute atomic E-state index is 0.798. The Morgan fingerprint density at radius 3 is 2.87 bits per heavy atom. The van der Waals surface area contributed by atoms with Gasteiger partial charge >= 0.3 is 0 Å². The van der Waals surface area contributed by atoms with E-state index in [0.29, 0.717) is 0 Å². The van der Waals surface area contributed by atoms with Crippen molar-refractivity contribution in [1.82, 2.24) is 15.0 Å². The average molecular weight is 308 g/mol. The van der Waals surface area contributed by atoms with Crippen LogP contribution in [0.5, 0.6) is 5.75 Å². The number of hydrogen-bond donors (Lipinski definition) is 1. The number of H-pyrrole nitrogens is 1. The third-order valence-electron chi connectivity index (χ3n) is 4.37. The minimum atomic E-state index is 0.798. The summed E-state index contributed by atoms with van der Waals surface area (Å²) in [7, 11) is 1.71. The van der Waals surface area contributed by atoms with E-state index in [2.05, 4.69) is 40.0 Å². The first-order chi connectivity index (χ1) is 11.2. The lowest BCUT2D eigenvalue weighted by Gasteiger charge is -2.31. The number of nitrogens with zero attached hydrogens (tertiary/aromatic N) is 3. The van der Waals surface area contributed by atoms with E-state index in [4.69, 9.17) is 9.72 Å². The number of anilines is 2. The first kappa shape index (κ1) is 14.1. The lowest BCUT2D eigenvalue weighted by Crippen LogP contribution is -2.26. The predicted molar refractivity (Wildman–Crippen MR) is 91.7 cm³/mol. The second-order valence-corrected chi connectivity index (χ2v) is 6.06. The maximum atomic E-state index is 5.36. The van der Waals surface area contributed by atoms with Crippen molar-refractivity contribution in [3.05, 3.63) is 41.3 Å². The van der Waals surface area contributed by atoms with Crippen molar-refractivity contribution in [2.75, 3.05) is 18.6 Å². The largest absolute Gasteiger partial charge is 0.497 e. The van der Waals surface area contributed by atoms with Crippen molar-refractivity contribution >= 4 is 22.5 Å². The van der Waals surface area contributed by atoms with Crippen LogP contribution in [0.3, 0.4) is 0 Å². The number of hydrogen-bond acceptors (Lipinski definition) is 4. The Hall–Kier alpha value is -2.56. The summed E-state index contributed by atoms with van der Waals surface area (Å²) in [5.74, 6) is 2.67. The molecular formula is C18H20N4O. The molecule has 3 aromatic rings. The van der Waals surface area contributed by atoms with Crippen LogP contribution < -0.4 is 9.64 Å². The molecule has 0 radical (unpaired) electrons. The number of benzene rings is 1. The number of nitrogens with one attached hydrogen (secondary N) is 1. The van der Waals surface area contributed by atoms with Gasteiger partial charge in [0.15, 0.2) is 5.82 Å². The number of aryl methyl sites for hydroxylation is 3. The van der Waals surface area contributed by atoms with Crippen LogP contribution in [0.25, 0.3) is 11.0 Å². The number of ether oxygens (including phenoxy) is 1. The summed E-state index contributed by atoms with van der Waals surface area (Å²) in [4.78, 5) is 15.0. The zero-order chi connectivity index (χ0) is 16.0. The SMILES string of the molecule is COc1ccc2c(c1)CCCN2c1nc(C)nc2cc(C)[nH]c12. The quantitative estimate of drug-likeness (QED) is 0.785. The summed E-state index contributed by atoms with van der Waals surface area (Å²) in [6.07, 6.45) is 2.17. The normalized spacial score (nSPS) is 14.1. The molecule has 5 heteroatoms. The molecule has 23 heavy (non-hydrogen) atoms. The first-order valence-corrected chi connectivity index (χ1v) is 7.94. The zero-order valence-electron chi connectivity index (χ0n) is 13.7. The lowest BCUT2D eigenvalue weighted by molar-refractivity contribution is 0.414. The highest BCUT2D eigenvalue weighted by Crippen LogP contribution is 2.37. The van der Waals surface area contributed by atoms with Crippen LogP contribution in [0.4, 0.5) is 11.5 Å². The molecular weight excluding hydrogens is 288 g/mol. The van der Waals surface area contributed by atoms with Gasteiger partial charge in [0.1, 0.15) is 17.1 Å². The maximum Gasteiger partial charge on any atom is 0.161 e. The van der Waals surface area contributed by atoms with Crippen LogP contribution in [0.15, 0.2) is 24.3 Å². The van der Waals surface area contributed by atoms with Crippen LogP contribution in [0, 0.1) is 13.8 Å². The molecule has 3 heterocycles. The summed E-state index contributed by atoms with van der Waals surface area (Å²) >= 11 is 0. The molecule has 0 bridgehead atoms. The predicted octanol–water partition coefficient (Wildman–Crippen LogP) is 3.67. The van der Waals surface area contributed by atoms with Gasteiger partial charge in [-0.05, 0) is 56.5 Å². The van der Waals surface area contributed by atoms with Gasteiger partial charge in [-0.1, -0.05) is 0 Å². The van der Waals surface area contributed by atoms with Crippen molar-refractivity contribution in [3.63, 3.8) is 0 Å². The molecule has 2 aromatic heterocycles. The van der Waals surface area contributed by atoms with Gasteiger partial charge in [-0.3, -0.25) is 0 Å².